The van der Waals surface area contributed by atoms with E-state index in [1.807, 2.05) is 60.7 Å². The van der Waals surface area contributed by atoms with Gasteiger partial charge in [-0.2, -0.15) is 0 Å². The molecule has 1 amide bonds. The van der Waals surface area contributed by atoms with E-state index in [2.05, 4.69) is 40.3 Å². The van der Waals surface area contributed by atoms with Gasteiger partial charge in [-0.25, -0.2) is 4.99 Å². The zero-order chi connectivity index (χ0) is 24.6. The van der Waals surface area contributed by atoms with Gasteiger partial charge in [-0.1, -0.05) is 83.9 Å². The number of amides is 1. The minimum absolute atomic E-state index is 0.156. The Bertz CT molecular complexity index is 1720. The van der Waals surface area contributed by atoms with Crippen LogP contribution >= 0.6 is 35.0 Å². The summed E-state index contributed by atoms with van der Waals surface area (Å²) in [6, 6.07) is 27.7. The van der Waals surface area contributed by atoms with Gasteiger partial charge in [0.05, 0.1) is 10.6 Å². The lowest BCUT2D eigenvalue weighted by molar-refractivity contribution is -0.115. The van der Waals surface area contributed by atoms with E-state index in [1.165, 1.54) is 11.8 Å². The number of hydrogen-bond donors (Lipinski definition) is 1. The number of aliphatic imine (C=N–C) groups is 1. The van der Waals surface area contributed by atoms with E-state index in [0.29, 0.717) is 26.7 Å². The minimum Gasteiger partial charge on any atom is -0.342 e. The fourth-order valence-corrected chi connectivity index (χ4v) is 5.69. The minimum atomic E-state index is -0.156. The molecule has 1 aromatic heterocycles. The predicted molar refractivity (Wildman–Crippen MR) is 152 cm³/mol. The Morgan fingerprint density at radius 2 is 1.69 bits per heavy atom. The van der Waals surface area contributed by atoms with Gasteiger partial charge in [-0.15, -0.1) is 0 Å². The van der Waals surface area contributed by atoms with Crippen molar-refractivity contribution in [2.45, 2.75) is 6.54 Å². The number of hydrogen-bond acceptors (Lipinski definition) is 3. The molecule has 0 saturated carbocycles. The van der Waals surface area contributed by atoms with Crippen LogP contribution in [0.5, 0.6) is 0 Å². The maximum Gasteiger partial charge on any atom is 0.264 e. The van der Waals surface area contributed by atoms with Crippen LogP contribution in [0.4, 0.5) is 5.69 Å². The number of thioether (sulfide) groups is 1. The lowest BCUT2D eigenvalue weighted by atomic mass is 10.1. The Morgan fingerprint density at radius 1 is 0.917 bits per heavy atom. The van der Waals surface area contributed by atoms with Crippen molar-refractivity contribution in [1.82, 2.24) is 9.88 Å². The highest BCUT2D eigenvalue weighted by Crippen LogP contribution is 2.33. The third-order valence-electron chi connectivity index (χ3n) is 6.10. The molecule has 5 aromatic rings. The number of amidine groups is 1. The van der Waals surface area contributed by atoms with Crippen LogP contribution in [0, 0.1) is 0 Å². The number of nitrogens with one attached hydrogen (secondary N) is 1. The van der Waals surface area contributed by atoms with Crippen molar-refractivity contribution in [2.75, 3.05) is 0 Å². The first kappa shape index (κ1) is 22.9. The summed E-state index contributed by atoms with van der Waals surface area (Å²) < 4.78 is 2.14. The van der Waals surface area contributed by atoms with Gasteiger partial charge in [-0.3, -0.25) is 4.79 Å². The van der Waals surface area contributed by atoms with Crippen molar-refractivity contribution in [3.05, 3.63) is 117 Å². The highest BCUT2D eigenvalue weighted by Gasteiger charge is 2.24. The molecule has 1 aliphatic heterocycles. The molecule has 6 rings (SSSR count). The number of halogens is 2. The van der Waals surface area contributed by atoms with Crippen molar-refractivity contribution in [1.29, 1.82) is 0 Å². The van der Waals surface area contributed by atoms with Gasteiger partial charge in [-0.05, 0) is 53.1 Å². The Labute approximate surface area is 222 Å². The first-order chi connectivity index (χ1) is 17.5. The highest BCUT2D eigenvalue weighted by molar-refractivity contribution is 8.18. The highest BCUT2D eigenvalue weighted by atomic mass is 35.5. The molecule has 1 aliphatic rings. The number of carbonyl (C=O) groups is 1. The Morgan fingerprint density at radius 3 is 2.56 bits per heavy atom. The largest absolute Gasteiger partial charge is 0.342 e. The number of carbonyl (C=O) groups excluding carboxylic acids is 1. The average Bonchev–Trinajstić information content (AvgIpc) is 3.40. The molecule has 0 spiro atoms. The summed E-state index contributed by atoms with van der Waals surface area (Å²) in [6.45, 7) is 0.590. The van der Waals surface area contributed by atoms with Gasteiger partial charge in [0.1, 0.15) is 0 Å². The maximum atomic E-state index is 12.8. The summed E-state index contributed by atoms with van der Waals surface area (Å²) in [6.07, 6.45) is 3.98. The number of fused-ring (bicyclic) bond motifs is 2. The van der Waals surface area contributed by atoms with Crippen LogP contribution in [0.15, 0.2) is 101 Å². The zero-order valence-electron chi connectivity index (χ0n) is 18.9. The standard InChI is InChI=1S/C29H19Cl2N3OS/c30-21-13-12-19(24(31)15-21)16-34-17-20(23-9-3-4-11-26(23)34)14-27-28(35)33-29(36-27)32-25-10-5-7-18-6-1-2-8-22(18)25/h1-15,17H,16H2,(H,32,33,35)/b27-14-. The molecule has 1 saturated heterocycles. The Kier molecular flexibility index (Phi) is 6.05. The first-order valence-electron chi connectivity index (χ1n) is 11.3. The van der Waals surface area contributed by atoms with E-state index in [4.69, 9.17) is 28.2 Å². The van der Waals surface area contributed by atoms with Gasteiger partial charge in [0, 0.05) is 44.6 Å². The smallest absolute Gasteiger partial charge is 0.264 e. The number of benzene rings is 4. The van der Waals surface area contributed by atoms with Crippen LogP contribution in [0.25, 0.3) is 27.8 Å². The molecule has 0 aliphatic carbocycles. The summed E-state index contributed by atoms with van der Waals surface area (Å²) >= 11 is 13.9. The Balaban J connectivity index is 1.34. The van der Waals surface area contributed by atoms with E-state index in [0.717, 1.165) is 38.5 Å². The molecule has 1 N–H and O–H groups in total. The fourth-order valence-electron chi connectivity index (χ4n) is 4.39. The van der Waals surface area contributed by atoms with E-state index < -0.39 is 0 Å². The molecular formula is C29H19Cl2N3OS. The molecule has 0 atom stereocenters. The molecule has 4 aromatic carbocycles. The molecular weight excluding hydrogens is 509 g/mol. The van der Waals surface area contributed by atoms with Crippen molar-refractivity contribution >= 4 is 79.5 Å². The van der Waals surface area contributed by atoms with Crippen molar-refractivity contribution < 1.29 is 4.79 Å². The molecule has 0 bridgehead atoms. The molecule has 4 nitrogen and oxygen atoms in total. The second kappa shape index (κ2) is 9.51. The second-order valence-corrected chi connectivity index (χ2v) is 10.3. The predicted octanol–water partition coefficient (Wildman–Crippen LogP) is 8.04. The van der Waals surface area contributed by atoms with E-state index in [9.17, 15) is 4.79 Å². The molecule has 0 radical (unpaired) electrons. The van der Waals surface area contributed by atoms with E-state index >= 15 is 0 Å². The summed E-state index contributed by atoms with van der Waals surface area (Å²) in [5.41, 5.74) is 3.82. The quantitative estimate of drug-likeness (QED) is 0.240. The van der Waals surface area contributed by atoms with Crippen LogP contribution in [-0.2, 0) is 11.3 Å². The zero-order valence-corrected chi connectivity index (χ0v) is 21.2. The van der Waals surface area contributed by atoms with Crippen molar-refractivity contribution in [3.8, 4) is 0 Å². The number of nitrogens with zero attached hydrogens (tertiary/aromatic N) is 2. The average molecular weight is 528 g/mol. The van der Waals surface area contributed by atoms with Crippen LogP contribution in [0.1, 0.15) is 11.1 Å². The lowest BCUT2D eigenvalue weighted by Crippen LogP contribution is -2.19. The van der Waals surface area contributed by atoms with Crippen molar-refractivity contribution in [3.63, 3.8) is 0 Å². The van der Waals surface area contributed by atoms with Gasteiger partial charge in [0.2, 0.25) is 0 Å². The summed E-state index contributed by atoms with van der Waals surface area (Å²) in [5.74, 6) is -0.156. The van der Waals surface area contributed by atoms with Crippen LogP contribution in [-0.4, -0.2) is 15.6 Å². The SMILES string of the molecule is O=C1NC(=Nc2cccc3ccccc23)S/C1=C\c1cn(Cc2ccc(Cl)cc2Cl)c2ccccc12. The summed E-state index contributed by atoms with van der Waals surface area (Å²) in [5, 5.41) is 7.93. The summed E-state index contributed by atoms with van der Waals surface area (Å²) in [4.78, 5) is 18.2. The number of rotatable bonds is 4. The molecule has 2 heterocycles. The second-order valence-electron chi connectivity index (χ2n) is 8.45. The molecule has 36 heavy (non-hydrogen) atoms. The maximum absolute atomic E-state index is 12.8. The van der Waals surface area contributed by atoms with Gasteiger partial charge in [0.15, 0.2) is 5.17 Å². The Hall–Kier alpha value is -3.51. The van der Waals surface area contributed by atoms with Crippen LogP contribution in [0.3, 0.4) is 0 Å². The van der Waals surface area contributed by atoms with Gasteiger partial charge in [0.25, 0.3) is 5.91 Å². The number of para-hydroxylation sites is 1. The monoisotopic (exact) mass is 527 g/mol. The van der Waals surface area contributed by atoms with Gasteiger partial charge < -0.3 is 9.88 Å². The van der Waals surface area contributed by atoms with Crippen LogP contribution in [0.2, 0.25) is 10.0 Å². The summed E-state index contributed by atoms with van der Waals surface area (Å²) in [7, 11) is 0. The lowest BCUT2D eigenvalue weighted by Gasteiger charge is -2.08. The fraction of sp³-hybridized carbons (Fsp3) is 0.0345. The third-order valence-corrected chi connectivity index (χ3v) is 7.60. The van der Waals surface area contributed by atoms with E-state index in [-0.39, 0.29) is 5.91 Å². The normalized spacial score (nSPS) is 15.9. The topological polar surface area (TPSA) is 46.4 Å². The third kappa shape index (κ3) is 4.42. The van der Waals surface area contributed by atoms with Crippen molar-refractivity contribution in [2.24, 2.45) is 4.99 Å². The molecule has 1 fully saturated rings. The molecule has 176 valence electrons. The molecule has 7 heteroatoms. The first-order valence-corrected chi connectivity index (χ1v) is 12.9. The number of aromatic nitrogens is 1. The van der Waals surface area contributed by atoms with E-state index in [1.54, 1.807) is 6.07 Å². The van der Waals surface area contributed by atoms with Crippen LogP contribution < -0.4 is 5.32 Å². The van der Waals surface area contributed by atoms with Gasteiger partial charge >= 0.3 is 0 Å². The molecule has 0 unspecified atom stereocenters.